The molecule has 0 aromatic carbocycles. The van der Waals surface area contributed by atoms with Gasteiger partial charge in [-0.05, 0) is 25.0 Å². The fourth-order valence-electron chi connectivity index (χ4n) is 3.55. The first-order valence-electron chi connectivity index (χ1n) is 8.47. The third-order valence-electron chi connectivity index (χ3n) is 5.05. The largest absolute Gasteiger partial charge is 0.369 e. The molecule has 0 radical (unpaired) electrons. The monoisotopic (exact) mass is 338 g/mol. The molecule has 7 heteroatoms. The summed E-state index contributed by atoms with van der Waals surface area (Å²) in [6, 6.07) is 4.11. The van der Waals surface area contributed by atoms with Crippen LogP contribution in [0.3, 0.4) is 0 Å². The van der Waals surface area contributed by atoms with Crippen molar-refractivity contribution in [3.63, 3.8) is 0 Å². The number of anilines is 1. The molecule has 1 aromatic rings. The van der Waals surface area contributed by atoms with E-state index in [4.69, 9.17) is 0 Å². The first-order valence-corrected chi connectivity index (χ1v) is 9.87. The Kier molecular flexibility index (Phi) is 5.18. The molecule has 1 aliphatic carbocycles. The highest BCUT2D eigenvalue weighted by Gasteiger charge is 2.34. The van der Waals surface area contributed by atoms with E-state index in [1.807, 2.05) is 12.1 Å². The number of hydrogen-bond donors (Lipinski definition) is 0. The molecule has 1 saturated carbocycles. The zero-order valence-electron chi connectivity index (χ0n) is 13.8. The van der Waals surface area contributed by atoms with Crippen LogP contribution >= 0.6 is 0 Å². The zero-order valence-corrected chi connectivity index (χ0v) is 14.6. The molecular weight excluding hydrogens is 312 g/mol. The quantitative estimate of drug-likeness (QED) is 0.839. The van der Waals surface area contributed by atoms with E-state index < -0.39 is 10.2 Å². The Bertz CT molecular complexity index is 594. The minimum Gasteiger partial charge on any atom is -0.369 e. The summed E-state index contributed by atoms with van der Waals surface area (Å²) in [7, 11) is -1.59. The molecule has 2 fully saturated rings. The molecule has 1 saturated heterocycles. The molecule has 0 N–H and O–H groups in total. The molecule has 0 amide bonds. The zero-order chi connectivity index (χ0) is 16.3. The van der Waals surface area contributed by atoms with Crippen LogP contribution in [0.1, 0.15) is 32.1 Å². The summed E-state index contributed by atoms with van der Waals surface area (Å²) in [6.45, 7) is 2.53. The van der Waals surface area contributed by atoms with Crippen molar-refractivity contribution in [2.45, 2.75) is 38.1 Å². The molecule has 1 aromatic heterocycles. The van der Waals surface area contributed by atoms with Crippen LogP contribution in [0.15, 0.2) is 24.5 Å². The van der Waals surface area contributed by atoms with Crippen LogP contribution in [-0.2, 0) is 10.2 Å². The van der Waals surface area contributed by atoms with Gasteiger partial charge in [0.1, 0.15) is 0 Å². The lowest BCUT2D eigenvalue weighted by Gasteiger charge is -2.39. The number of piperazine rings is 1. The van der Waals surface area contributed by atoms with Gasteiger partial charge in [-0.1, -0.05) is 19.3 Å². The van der Waals surface area contributed by atoms with Crippen molar-refractivity contribution in [2.75, 3.05) is 38.1 Å². The maximum Gasteiger partial charge on any atom is 0.282 e. The Balaban J connectivity index is 1.61. The van der Waals surface area contributed by atoms with E-state index in [9.17, 15) is 8.42 Å². The molecule has 128 valence electrons. The van der Waals surface area contributed by atoms with E-state index in [1.54, 1.807) is 28.1 Å². The van der Waals surface area contributed by atoms with E-state index in [-0.39, 0.29) is 6.04 Å². The highest BCUT2D eigenvalue weighted by atomic mass is 32.2. The number of hydrogen-bond acceptors (Lipinski definition) is 4. The number of aromatic nitrogens is 1. The molecule has 2 aliphatic rings. The summed E-state index contributed by atoms with van der Waals surface area (Å²) in [6.07, 6.45) is 9.04. The van der Waals surface area contributed by atoms with Crippen LogP contribution in [0.2, 0.25) is 0 Å². The van der Waals surface area contributed by atoms with E-state index in [0.29, 0.717) is 13.1 Å². The van der Waals surface area contributed by atoms with E-state index in [2.05, 4.69) is 9.88 Å². The van der Waals surface area contributed by atoms with Gasteiger partial charge in [-0.15, -0.1) is 0 Å². The van der Waals surface area contributed by atoms with E-state index in [1.165, 1.54) is 6.42 Å². The minimum atomic E-state index is -3.34. The average Bonchev–Trinajstić information content (AvgIpc) is 2.62. The predicted octanol–water partition coefficient (Wildman–Crippen LogP) is 1.71. The average molecular weight is 338 g/mol. The lowest BCUT2D eigenvalue weighted by atomic mass is 9.96. The smallest absolute Gasteiger partial charge is 0.282 e. The van der Waals surface area contributed by atoms with Gasteiger partial charge in [0.15, 0.2) is 0 Å². The Morgan fingerprint density at radius 3 is 2.26 bits per heavy atom. The van der Waals surface area contributed by atoms with Crippen molar-refractivity contribution < 1.29 is 8.42 Å². The summed E-state index contributed by atoms with van der Waals surface area (Å²) >= 11 is 0. The van der Waals surface area contributed by atoms with Crippen molar-refractivity contribution in [2.24, 2.45) is 0 Å². The third-order valence-corrected chi connectivity index (χ3v) is 7.09. The first kappa shape index (κ1) is 16.7. The highest BCUT2D eigenvalue weighted by Crippen LogP contribution is 2.25. The van der Waals surface area contributed by atoms with Crippen LogP contribution in [0.5, 0.6) is 0 Å². The van der Waals surface area contributed by atoms with Crippen molar-refractivity contribution in [3.05, 3.63) is 24.5 Å². The highest BCUT2D eigenvalue weighted by molar-refractivity contribution is 7.86. The lowest BCUT2D eigenvalue weighted by Crippen LogP contribution is -2.54. The van der Waals surface area contributed by atoms with Gasteiger partial charge in [0.25, 0.3) is 10.2 Å². The van der Waals surface area contributed by atoms with E-state index >= 15 is 0 Å². The topological polar surface area (TPSA) is 56.8 Å². The summed E-state index contributed by atoms with van der Waals surface area (Å²) in [4.78, 5) is 6.25. The van der Waals surface area contributed by atoms with Crippen molar-refractivity contribution in [1.29, 1.82) is 0 Å². The Morgan fingerprint density at radius 2 is 1.65 bits per heavy atom. The van der Waals surface area contributed by atoms with Gasteiger partial charge in [0, 0.05) is 57.3 Å². The molecule has 0 bridgehead atoms. The number of nitrogens with zero attached hydrogens (tertiary/aromatic N) is 4. The molecule has 0 atom stereocenters. The van der Waals surface area contributed by atoms with Gasteiger partial charge >= 0.3 is 0 Å². The van der Waals surface area contributed by atoms with Gasteiger partial charge in [-0.2, -0.15) is 17.0 Å². The van der Waals surface area contributed by atoms with Crippen LogP contribution < -0.4 is 4.90 Å². The number of pyridine rings is 1. The van der Waals surface area contributed by atoms with Gasteiger partial charge in [0.05, 0.1) is 0 Å². The maximum absolute atomic E-state index is 12.9. The standard InChI is InChI=1S/C16H26N4O2S/c1-18(15-5-3-2-4-6-15)23(21,22)20-13-11-19(12-14-20)16-7-9-17-10-8-16/h7-10,15H,2-6,11-14H2,1H3. The molecule has 0 unspecified atom stereocenters. The fraction of sp³-hybridized carbons (Fsp3) is 0.688. The van der Waals surface area contributed by atoms with E-state index in [0.717, 1.165) is 44.5 Å². The molecule has 6 nitrogen and oxygen atoms in total. The van der Waals surface area contributed by atoms with Gasteiger partial charge < -0.3 is 4.90 Å². The Morgan fingerprint density at radius 1 is 1.04 bits per heavy atom. The summed E-state index contributed by atoms with van der Waals surface area (Å²) in [5, 5.41) is 0. The normalized spacial score (nSPS) is 21.7. The molecular formula is C16H26N4O2S. The van der Waals surface area contributed by atoms with Crippen molar-refractivity contribution in [1.82, 2.24) is 13.6 Å². The summed E-state index contributed by atoms with van der Waals surface area (Å²) in [5.74, 6) is 0. The van der Waals surface area contributed by atoms with Crippen LogP contribution in [0.25, 0.3) is 0 Å². The first-order chi connectivity index (χ1) is 11.1. The fourth-order valence-corrected chi connectivity index (χ4v) is 5.12. The molecule has 0 spiro atoms. The molecule has 1 aliphatic heterocycles. The Labute approximate surface area is 139 Å². The van der Waals surface area contributed by atoms with Gasteiger partial charge in [0.2, 0.25) is 0 Å². The van der Waals surface area contributed by atoms with Crippen molar-refractivity contribution in [3.8, 4) is 0 Å². The lowest BCUT2D eigenvalue weighted by molar-refractivity contribution is 0.259. The van der Waals surface area contributed by atoms with Crippen molar-refractivity contribution >= 4 is 15.9 Å². The minimum absolute atomic E-state index is 0.173. The molecule has 23 heavy (non-hydrogen) atoms. The Hall–Kier alpha value is -1.18. The van der Waals surface area contributed by atoms with Crippen LogP contribution in [0.4, 0.5) is 5.69 Å². The molecule has 3 rings (SSSR count). The SMILES string of the molecule is CN(C1CCCCC1)S(=O)(=O)N1CCN(c2ccncc2)CC1. The second-order valence-corrected chi connectivity index (χ2v) is 8.40. The van der Waals surface area contributed by atoms with Crippen LogP contribution in [0, 0.1) is 0 Å². The number of rotatable bonds is 4. The summed E-state index contributed by atoms with van der Waals surface area (Å²) in [5.41, 5.74) is 1.11. The predicted molar refractivity (Wildman–Crippen MR) is 91.6 cm³/mol. The van der Waals surface area contributed by atoms with Gasteiger partial charge in [-0.25, -0.2) is 0 Å². The second kappa shape index (κ2) is 7.15. The third kappa shape index (κ3) is 3.67. The maximum atomic E-state index is 12.9. The summed E-state index contributed by atoms with van der Waals surface area (Å²) < 4.78 is 29.0. The second-order valence-electron chi connectivity index (χ2n) is 6.41. The van der Waals surface area contributed by atoms with Gasteiger partial charge in [-0.3, -0.25) is 4.98 Å². The molecule has 2 heterocycles. The van der Waals surface area contributed by atoms with Crippen LogP contribution in [-0.4, -0.2) is 61.3 Å².